The number of ether oxygens (including phenoxy) is 1. The molecule has 0 bridgehead atoms. The Labute approximate surface area is 193 Å². The number of hydrogen-bond donors (Lipinski definition) is 0. The van der Waals surface area contributed by atoms with Crippen molar-refractivity contribution in [3.8, 4) is 5.75 Å². The van der Waals surface area contributed by atoms with E-state index in [1.165, 1.54) is 16.4 Å². The molecule has 1 saturated heterocycles. The van der Waals surface area contributed by atoms with Crippen LogP contribution < -0.4 is 4.74 Å². The lowest BCUT2D eigenvalue weighted by molar-refractivity contribution is -0.140. The van der Waals surface area contributed by atoms with E-state index in [0.717, 1.165) is 5.56 Å². The lowest BCUT2D eigenvalue weighted by Gasteiger charge is -2.31. The van der Waals surface area contributed by atoms with Crippen LogP contribution in [-0.4, -0.2) is 37.6 Å². The number of rotatable bonds is 4. The average Bonchev–Trinajstić information content (AvgIpc) is 3.04. The van der Waals surface area contributed by atoms with Gasteiger partial charge in [0.05, 0.1) is 16.4 Å². The number of fused-ring (bicyclic) bond motifs is 1. The second-order valence-corrected chi connectivity index (χ2v) is 11.1. The highest BCUT2D eigenvalue weighted by molar-refractivity contribution is 7.89. The molecule has 1 atom stereocenters. The second kappa shape index (κ2) is 8.65. The predicted molar refractivity (Wildman–Crippen MR) is 122 cm³/mol. The molecule has 1 fully saturated rings. The van der Waals surface area contributed by atoms with Crippen molar-refractivity contribution in [2.45, 2.75) is 57.8 Å². The second-order valence-electron chi connectivity index (χ2n) is 9.19. The van der Waals surface area contributed by atoms with Gasteiger partial charge in [0, 0.05) is 25.1 Å². The molecule has 0 aromatic heterocycles. The number of piperidine rings is 1. The van der Waals surface area contributed by atoms with Gasteiger partial charge in [0.15, 0.2) is 5.78 Å². The van der Waals surface area contributed by atoms with Crippen LogP contribution >= 0.6 is 0 Å². The van der Waals surface area contributed by atoms with Crippen LogP contribution in [0, 0.1) is 32.5 Å². The number of nitrogens with zero attached hydrogens (tertiary/aromatic N) is 1. The van der Waals surface area contributed by atoms with Crippen molar-refractivity contribution >= 4 is 21.8 Å². The molecule has 0 spiro atoms. The number of sulfonamides is 1. The quantitative estimate of drug-likeness (QED) is 0.484. The SMILES string of the molecule is Cc1cc(C)c(S(=O)(=O)N2CCC(C(=O)Oc3ccc(F)c4c3C(=O)CC4C)CC2)c(C)c1. The van der Waals surface area contributed by atoms with Crippen LogP contribution in [0.3, 0.4) is 0 Å². The summed E-state index contributed by atoms with van der Waals surface area (Å²) in [6.45, 7) is 7.68. The van der Waals surface area contributed by atoms with Gasteiger partial charge in [-0.15, -0.1) is 0 Å². The summed E-state index contributed by atoms with van der Waals surface area (Å²) in [5.74, 6) is -1.88. The first kappa shape index (κ1) is 23.6. The Morgan fingerprint density at radius 1 is 1.09 bits per heavy atom. The van der Waals surface area contributed by atoms with E-state index < -0.39 is 27.7 Å². The van der Waals surface area contributed by atoms with E-state index in [1.54, 1.807) is 20.8 Å². The van der Waals surface area contributed by atoms with Crippen LogP contribution in [0.25, 0.3) is 0 Å². The molecular formula is C25H28FNO5S. The van der Waals surface area contributed by atoms with Crippen LogP contribution in [0.1, 0.15) is 64.7 Å². The van der Waals surface area contributed by atoms with E-state index in [4.69, 9.17) is 4.74 Å². The number of halogens is 1. The lowest BCUT2D eigenvalue weighted by atomic mass is 9.98. The lowest BCUT2D eigenvalue weighted by Crippen LogP contribution is -2.41. The highest BCUT2D eigenvalue weighted by Gasteiger charge is 2.37. The first-order valence-corrected chi connectivity index (χ1v) is 12.6. The minimum atomic E-state index is -3.68. The van der Waals surface area contributed by atoms with E-state index in [-0.39, 0.29) is 42.5 Å². The molecule has 8 heteroatoms. The molecular weight excluding hydrogens is 445 g/mol. The number of Topliss-reactive ketones (excluding diaryl/α,β-unsaturated/α-hetero) is 1. The third-order valence-electron chi connectivity index (χ3n) is 6.62. The summed E-state index contributed by atoms with van der Waals surface area (Å²) in [5, 5.41) is 0. The van der Waals surface area contributed by atoms with Crippen molar-refractivity contribution in [1.82, 2.24) is 4.31 Å². The summed E-state index contributed by atoms with van der Waals surface area (Å²) >= 11 is 0. The van der Waals surface area contributed by atoms with Gasteiger partial charge in [-0.2, -0.15) is 4.31 Å². The maximum atomic E-state index is 14.2. The molecule has 2 aromatic carbocycles. The summed E-state index contributed by atoms with van der Waals surface area (Å²) in [4.78, 5) is 25.5. The number of esters is 1. The van der Waals surface area contributed by atoms with Crippen molar-refractivity contribution in [2.24, 2.45) is 5.92 Å². The highest BCUT2D eigenvalue weighted by Crippen LogP contribution is 2.40. The monoisotopic (exact) mass is 473 g/mol. The highest BCUT2D eigenvalue weighted by atomic mass is 32.2. The standard InChI is InChI=1S/C25H28FNO5S/c1-14-11-16(3)24(17(4)12-14)33(30,31)27-9-7-18(8-10-27)25(29)32-21-6-5-19(26)22-15(2)13-20(28)23(21)22/h5-6,11-12,15,18H,7-10,13H2,1-4H3. The van der Waals surface area contributed by atoms with Gasteiger partial charge in [-0.3, -0.25) is 9.59 Å². The fourth-order valence-corrected chi connectivity index (χ4v) is 7.02. The number of carbonyl (C=O) groups excluding carboxylic acids is 2. The number of aryl methyl sites for hydroxylation is 3. The van der Waals surface area contributed by atoms with Gasteiger partial charge in [0.2, 0.25) is 10.0 Å². The Morgan fingerprint density at radius 3 is 2.30 bits per heavy atom. The summed E-state index contributed by atoms with van der Waals surface area (Å²) in [6.07, 6.45) is 0.820. The number of ketones is 1. The Morgan fingerprint density at radius 2 is 1.70 bits per heavy atom. The molecule has 4 rings (SSSR count). The van der Waals surface area contributed by atoms with E-state index >= 15 is 0 Å². The van der Waals surface area contributed by atoms with Crippen molar-refractivity contribution in [3.05, 3.63) is 57.9 Å². The molecule has 0 saturated carbocycles. The fraction of sp³-hybridized carbons (Fsp3) is 0.440. The number of carbonyl (C=O) groups is 2. The number of benzene rings is 2. The van der Waals surface area contributed by atoms with Crippen LogP contribution in [-0.2, 0) is 14.8 Å². The first-order chi connectivity index (χ1) is 15.5. The van der Waals surface area contributed by atoms with Crippen LogP contribution in [0.5, 0.6) is 5.75 Å². The molecule has 1 unspecified atom stereocenters. The first-order valence-electron chi connectivity index (χ1n) is 11.2. The summed E-state index contributed by atoms with van der Waals surface area (Å²) in [5.41, 5.74) is 2.87. The van der Waals surface area contributed by atoms with Crippen molar-refractivity contribution in [3.63, 3.8) is 0 Å². The molecule has 2 aromatic rings. The summed E-state index contributed by atoms with van der Waals surface area (Å²) in [6, 6.07) is 6.25. The summed E-state index contributed by atoms with van der Waals surface area (Å²) in [7, 11) is -3.68. The minimum Gasteiger partial charge on any atom is -0.426 e. The van der Waals surface area contributed by atoms with Gasteiger partial charge in [-0.05, 0) is 62.8 Å². The van der Waals surface area contributed by atoms with Crippen LogP contribution in [0.2, 0.25) is 0 Å². The van der Waals surface area contributed by atoms with Crippen molar-refractivity contribution < 1.29 is 27.1 Å². The third-order valence-corrected chi connectivity index (χ3v) is 8.82. The smallest absolute Gasteiger partial charge is 0.314 e. The van der Waals surface area contributed by atoms with Crippen molar-refractivity contribution in [1.29, 1.82) is 0 Å². The molecule has 33 heavy (non-hydrogen) atoms. The topological polar surface area (TPSA) is 80.8 Å². The van der Waals surface area contributed by atoms with Crippen LogP contribution in [0.15, 0.2) is 29.2 Å². The molecule has 6 nitrogen and oxygen atoms in total. The Kier molecular flexibility index (Phi) is 6.18. The maximum absolute atomic E-state index is 14.2. The van der Waals surface area contributed by atoms with E-state index in [0.29, 0.717) is 34.4 Å². The predicted octanol–water partition coefficient (Wildman–Crippen LogP) is 4.45. The summed E-state index contributed by atoms with van der Waals surface area (Å²) < 4.78 is 47.7. The number of hydrogen-bond acceptors (Lipinski definition) is 5. The minimum absolute atomic E-state index is 0.0895. The van der Waals surface area contributed by atoms with Gasteiger partial charge in [-0.25, -0.2) is 12.8 Å². The molecule has 1 heterocycles. The molecule has 0 N–H and O–H groups in total. The van der Waals surface area contributed by atoms with Gasteiger partial charge in [0.25, 0.3) is 0 Å². The van der Waals surface area contributed by atoms with Crippen molar-refractivity contribution in [2.75, 3.05) is 13.1 Å². The normalized spacial score (nSPS) is 19.5. The molecule has 176 valence electrons. The zero-order valence-corrected chi connectivity index (χ0v) is 20.1. The molecule has 2 aliphatic rings. The van der Waals surface area contributed by atoms with Gasteiger partial charge in [0.1, 0.15) is 11.6 Å². The van der Waals surface area contributed by atoms with Gasteiger partial charge >= 0.3 is 5.97 Å². The largest absolute Gasteiger partial charge is 0.426 e. The Bertz CT molecular complexity index is 1220. The van der Waals surface area contributed by atoms with Gasteiger partial charge in [-0.1, -0.05) is 24.6 Å². The van der Waals surface area contributed by atoms with Crippen LogP contribution in [0.4, 0.5) is 4.39 Å². The molecule has 0 amide bonds. The maximum Gasteiger partial charge on any atom is 0.314 e. The molecule has 1 aliphatic heterocycles. The van der Waals surface area contributed by atoms with E-state index in [2.05, 4.69) is 0 Å². The van der Waals surface area contributed by atoms with E-state index in [1.807, 2.05) is 19.1 Å². The zero-order chi connectivity index (χ0) is 24.1. The molecule has 0 radical (unpaired) electrons. The fourth-order valence-electron chi connectivity index (χ4n) is 5.14. The van der Waals surface area contributed by atoms with Gasteiger partial charge < -0.3 is 4.74 Å². The Hall–Kier alpha value is -2.58. The molecule has 1 aliphatic carbocycles. The Balaban J connectivity index is 1.47. The third kappa shape index (κ3) is 4.22. The zero-order valence-electron chi connectivity index (χ0n) is 19.3. The average molecular weight is 474 g/mol. The van der Waals surface area contributed by atoms with E-state index in [9.17, 15) is 22.4 Å².